The molecule has 20 heavy (non-hydrogen) atoms. The number of rotatable bonds is 8. The first kappa shape index (κ1) is 19.7. The summed E-state index contributed by atoms with van der Waals surface area (Å²) in [5, 5.41) is 3.44. The average Bonchev–Trinajstić information content (AvgIpc) is 2.37. The van der Waals surface area contributed by atoms with Crippen LogP contribution in [0.1, 0.15) is 32.6 Å². The van der Waals surface area contributed by atoms with E-state index in [1.807, 2.05) is 13.1 Å². The first-order chi connectivity index (χ1) is 9.11. The van der Waals surface area contributed by atoms with Gasteiger partial charge in [0.15, 0.2) is 5.96 Å². The zero-order valence-electron chi connectivity index (χ0n) is 13.2. The lowest BCUT2D eigenvalue weighted by Gasteiger charge is -2.39. The Balaban J connectivity index is 0.00000361. The molecule has 1 saturated heterocycles. The SMILES string of the molecule is C=CCCCCCN(C)C(=NC)NCC1(C)COC1.I. The van der Waals surface area contributed by atoms with Gasteiger partial charge in [-0.25, -0.2) is 0 Å². The minimum absolute atomic E-state index is 0. The summed E-state index contributed by atoms with van der Waals surface area (Å²) in [6.07, 6.45) is 6.80. The van der Waals surface area contributed by atoms with Crippen LogP contribution >= 0.6 is 24.0 Å². The summed E-state index contributed by atoms with van der Waals surface area (Å²) in [5.41, 5.74) is 0.279. The lowest BCUT2D eigenvalue weighted by Crippen LogP contribution is -2.51. The van der Waals surface area contributed by atoms with Crippen molar-refractivity contribution in [2.45, 2.75) is 32.6 Å². The van der Waals surface area contributed by atoms with Gasteiger partial charge in [-0.3, -0.25) is 4.99 Å². The molecule has 0 radical (unpaired) electrons. The molecule has 0 atom stereocenters. The van der Waals surface area contributed by atoms with Crippen LogP contribution in [0.3, 0.4) is 0 Å². The maximum absolute atomic E-state index is 5.27. The summed E-state index contributed by atoms with van der Waals surface area (Å²) in [5.74, 6) is 0.983. The fourth-order valence-electron chi connectivity index (χ4n) is 2.15. The maximum atomic E-state index is 5.27. The van der Waals surface area contributed by atoms with Gasteiger partial charge in [0, 0.05) is 32.6 Å². The molecule has 0 aliphatic carbocycles. The topological polar surface area (TPSA) is 36.9 Å². The average molecular weight is 395 g/mol. The second-order valence-corrected chi connectivity index (χ2v) is 5.76. The molecular formula is C15H30IN3O. The summed E-state index contributed by atoms with van der Waals surface area (Å²) in [4.78, 5) is 6.54. The van der Waals surface area contributed by atoms with Crippen molar-refractivity contribution in [2.75, 3.05) is 40.4 Å². The van der Waals surface area contributed by atoms with E-state index >= 15 is 0 Å². The van der Waals surface area contributed by atoms with Crippen molar-refractivity contribution in [3.63, 3.8) is 0 Å². The Morgan fingerprint density at radius 2 is 2.10 bits per heavy atom. The molecule has 0 saturated carbocycles. The number of hydrogen-bond acceptors (Lipinski definition) is 2. The van der Waals surface area contributed by atoms with Crippen LogP contribution in [0.5, 0.6) is 0 Å². The van der Waals surface area contributed by atoms with Crippen LogP contribution in [0.2, 0.25) is 0 Å². The number of allylic oxidation sites excluding steroid dienone is 1. The summed E-state index contributed by atoms with van der Waals surface area (Å²) in [6.45, 7) is 9.66. The predicted octanol–water partition coefficient (Wildman–Crippen LogP) is 2.89. The van der Waals surface area contributed by atoms with E-state index in [-0.39, 0.29) is 29.4 Å². The van der Waals surface area contributed by atoms with Crippen LogP contribution in [-0.2, 0) is 4.74 Å². The summed E-state index contributed by atoms with van der Waals surface area (Å²) in [6, 6.07) is 0. The Kier molecular flexibility index (Phi) is 10.3. The van der Waals surface area contributed by atoms with E-state index in [0.717, 1.165) is 38.7 Å². The van der Waals surface area contributed by atoms with Crippen LogP contribution < -0.4 is 5.32 Å². The van der Waals surface area contributed by atoms with Gasteiger partial charge in [0.2, 0.25) is 0 Å². The number of ether oxygens (including phenoxy) is 1. The number of halogens is 1. The molecule has 1 fully saturated rings. The number of hydrogen-bond donors (Lipinski definition) is 1. The Bertz CT molecular complexity index is 303. The second-order valence-electron chi connectivity index (χ2n) is 5.76. The van der Waals surface area contributed by atoms with Crippen LogP contribution in [0.15, 0.2) is 17.6 Å². The molecule has 1 N–H and O–H groups in total. The smallest absolute Gasteiger partial charge is 0.193 e. The molecule has 0 aromatic heterocycles. The molecule has 5 heteroatoms. The molecule has 0 amide bonds. The molecule has 0 aromatic carbocycles. The second kappa shape index (κ2) is 10.4. The molecule has 0 aromatic rings. The van der Waals surface area contributed by atoms with E-state index in [4.69, 9.17) is 4.74 Å². The third-order valence-electron chi connectivity index (χ3n) is 3.55. The largest absolute Gasteiger partial charge is 0.380 e. The highest BCUT2D eigenvalue weighted by molar-refractivity contribution is 14.0. The molecular weight excluding hydrogens is 365 g/mol. The normalized spacial score (nSPS) is 16.9. The third-order valence-corrected chi connectivity index (χ3v) is 3.55. The van der Waals surface area contributed by atoms with Crippen molar-refractivity contribution in [3.05, 3.63) is 12.7 Å². The highest BCUT2D eigenvalue weighted by Crippen LogP contribution is 2.25. The fourth-order valence-corrected chi connectivity index (χ4v) is 2.15. The summed E-state index contributed by atoms with van der Waals surface area (Å²) in [7, 11) is 3.94. The molecule has 1 rings (SSSR count). The van der Waals surface area contributed by atoms with Crippen LogP contribution in [-0.4, -0.2) is 51.3 Å². The van der Waals surface area contributed by atoms with E-state index in [2.05, 4.69) is 35.8 Å². The molecule has 1 heterocycles. The van der Waals surface area contributed by atoms with Gasteiger partial charge in [0.25, 0.3) is 0 Å². The van der Waals surface area contributed by atoms with Gasteiger partial charge in [-0.1, -0.05) is 19.4 Å². The Morgan fingerprint density at radius 3 is 2.60 bits per heavy atom. The van der Waals surface area contributed by atoms with E-state index in [0.29, 0.717) is 0 Å². The molecule has 4 nitrogen and oxygen atoms in total. The quantitative estimate of drug-likeness (QED) is 0.226. The highest BCUT2D eigenvalue weighted by atomic mass is 127. The molecule has 1 aliphatic rings. The first-order valence-electron chi connectivity index (χ1n) is 7.22. The van der Waals surface area contributed by atoms with Crippen LogP contribution in [0, 0.1) is 5.41 Å². The van der Waals surface area contributed by atoms with Crippen molar-refractivity contribution >= 4 is 29.9 Å². The molecule has 0 spiro atoms. The van der Waals surface area contributed by atoms with Crippen molar-refractivity contribution in [1.82, 2.24) is 10.2 Å². The van der Waals surface area contributed by atoms with Gasteiger partial charge in [0.05, 0.1) is 13.2 Å². The van der Waals surface area contributed by atoms with Crippen LogP contribution in [0.25, 0.3) is 0 Å². The van der Waals surface area contributed by atoms with Gasteiger partial charge in [-0.2, -0.15) is 0 Å². The maximum Gasteiger partial charge on any atom is 0.193 e. The molecule has 0 unspecified atom stereocenters. The van der Waals surface area contributed by atoms with Gasteiger partial charge in [-0.05, 0) is 19.3 Å². The Hall–Kier alpha value is -0.300. The molecule has 0 bridgehead atoms. The number of nitrogens with zero attached hydrogens (tertiary/aromatic N) is 2. The number of guanidine groups is 1. The van der Waals surface area contributed by atoms with Gasteiger partial charge in [-0.15, -0.1) is 30.6 Å². The fraction of sp³-hybridized carbons (Fsp3) is 0.800. The zero-order chi connectivity index (χ0) is 14.1. The lowest BCUT2D eigenvalue weighted by molar-refractivity contribution is -0.0972. The number of nitrogens with one attached hydrogen (secondary N) is 1. The number of unbranched alkanes of at least 4 members (excludes halogenated alkanes) is 3. The Morgan fingerprint density at radius 1 is 1.40 bits per heavy atom. The lowest BCUT2D eigenvalue weighted by atomic mass is 9.89. The van der Waals surface area contributed by atoms with Crippen molar-refractivity contribution in [2.24, 2.45) is 10.4 Å². The number of aliphatic imine (C=N–C) groups is 1. The van der Waals surface area contributed by atoms with Gasteiger partial charge in [0.1, 0.15) is 0 Å². The van der Waals surface area contributed by atoms with Crippen LogP contribution in [0.4, 0.5) is 0 Å². The van der Waals surface area contributed by atoms with E-state index in [1.165, 1.54) is 19.3 Å². The minimum atomic E-state index is 0. The van der Waals surface area contributed by atoms with Crippen molar-refractivity contribution in [3.8, 4) is 0 Å². The summed E-state index contributed by atoms with van der Waals surface area (Å²) < 4.78 is 5.27. The van der Waals surface area contributed by atoms with Crippen molar-refractivity contribution < 1.29 is 4.74 Å². The Labute approximate surface area is 141 Å². The monoisotopic (exact) mass is 395 g/mol. The predicted molar refractivity (Wildman–Crippen MR) is 97.0 cm³/mol. The first-order valence-corrected chi connectivity index (χ1v) is 7.22. The van der Waals surface area contributed by atoms with E-state index in [9.17, 15) is 0 Å². The molecule has 118 valence electrons. The minimum Gasteiger partial charge on any atom is -0.380 e. The van der Waals surface area contributed by atoms with E-state index < -0.39 is 0 Å². The van der Waals surface area contributed by atoms with Crippen molar-refractivity contribution in [1.29, 1.82) is 0 Å². The van der Waals surface area contributed by atoms with Gasteiger partial charge < -0.3 is 15.0 Å². The third kappa shape index (κ3) is 6.92. The standard InChI is InChI=1S/C15H29N3O.HI/c1-5-6-7-8-9-10-18(4)14(16-3)17-11-15(2)12-19-13-15;/h5H,1,6-13H2,2-4H3,(H,16,17);1H. The zero-order valence-corrected chi connectivity index (χ0v) is 15.5. The summed E-state index contributed by atoms with van der Waals surface area (Å²) >= 11 is 0. The van der Waals surface area contributed by atoms with E-state index in [1.54, 1.807) is 0 Å². The highest BCUT2D eigenvalue weighted by Gasteiger charge is 2.33. The van der Waals surface area contributed by atoms with Gasteiger partial charge >= 0.3 is 0 Å². The molecule has 1 aliphatic heterocycles.